The van der Waals surface area contributed by atoms with Crippen LogP contribution in [0.5, 0.6) is 0 Å². The van der Waals surface area contributed by atoms with Crippen LogP contribution in [0.3, 0.4) is 0 Å². The number of aromatic nitrogens is 2. The summed E-state index contributed by atoms with van der Waals surface area (Å²) in [4.78, 5) is 8.30. The number of hydrogen-bond acceptors (Lipinski definition) is 4. The molecule has 0 saturated heterocycles. The van der Waals surface area contributed by atoms with E-state index in [0.29, 0.717) is 12.4 Å². The lowest BCUT2D eigenvalue weighted by Crippen LogP contribution is -2.15. The number of nitrogens with one attached hydrogen (secondary N) is 1. The summed E-state index contributed by atoms with van der Waals surface area (Å²) in [7, 11) is 0. The SMILES string of the molecule is Nc1cnc(-c2ccc(-c3ccccc3CNS(=O)O)cc2)cn1. The molecule has 0 amide bonds. The van der Waals surface area contributed by atoms with Gasteiger partial charge in [0.1, 0.15) is 5.82 Å². The van der Waals surface area contributed by atoms with Crippen molar-refractivity contribution in [2.75, 3.05) is 5.73 Å². The summed E-state index contributed by atoms with van der Waals surface area (Å²) in [5, 5.41) is 0. The third-order valence-corrected chi connectivity index (χ3v) is 3.96. The molecule has 3 rings (SSSR count). The Morgan fingerprint density at radius 1 is 1.00 bits per heavy atom. The summed E-state index contributed by atoms with van der Waals surface area (Å²) in [5.41, 5.74) is 10.2. The number of hydrogen-bond donors (Lipinski definition) is 3. The number of rotatable bonds is 5. The van der Waals surface area contributed by atoms with Gasteiger partial charge in [0.15, 0.2) is 0 Å². The van der Waals surface area contributed by atoms with E-state index in [1.807, 2.05) is 48.5 Å². The monoisotopic (exact) mass is 340 g/mol. The zero-order valence-electron chi connectivity index (χ0n) is 12.7. The van der Waals surface area contributed by atoms with Crippen molar-refractivity contribution in [2.45, 2.75) is 6.54 Å². The molecule has 0 aliphatic carbocycles. The van der Waals surface area contributed by atoms with Gasteiger partial charge in [0, 0.05) is 12.1 Å². The molecule has 2 aromatic carbocycles. The van der Waals surface area contributed by atoms with E-state index in [1.165, 1.54) is 6.20 Å². The van der Waals surface area contributed by atoms with Gasteiger partial charge in [-0.15, -0.1) is 0 Å². The molecule has 3 aromatic rings. The highest BCUT2D eigenvalue weighted by molar-refractivity contribution is 7.77. The molecule has 122 valence electrons. The van der Waals surface area contributed by atoms with Gasteiger partial charge in [-0.2, -0.15) is 0 Å². The fourth-order valence-corrected chi connectivity index (χ4v) is 2.68. The molecule has 0 aliphatic rings. The van der Waals surface area contributed by atoms with Gasteiger partial charge in [0.05, 0.1) is 18.1 Å². The Bertz CT molecular complexity index is 851. The number of nitrogen functional groups attached to an aromatic ring is 1. The zero-order chi connectivity index (χ0) is 16.9. The second-order valence-electron chi connectivity index (χ2n) is 5.13. The van der Waals surface area contributed by atoms with Gasteiger partial charge < -0.3 is 5.73 Å². The van der Waals surface area contributed by atoms with Gasteiger partial charge in [0.2, 0.25) is 11.3 Å². The molecule has 6 nitrogen and oxygen atoms in total. The van der Waals surface area contributed by atoms with Crippen molar-refractivity contribution in [3.63, 3.8) is 0 Å². The maximum Gasteiger partial charge on any atom is 0.232 e. The highest BCUT2D eigenvalue weighted by Gasteiger charge is 2.07. The van der Waals surface area contributed by atoms with E-state index in [2.05, 4.69) is 14.7 Å². The normalized spacial score (nSPS) is 12.0. The fraction of sp³-hybridized carbons (Fsp3) is 0.0588. The molecule has 1 atom stereocenters. The van der Waals surface area contributed by atoms with E-state index in [9.17, 15) is 4.21 Å². The van der Waals surface area contributed by atoms with Crippen molar-refractivity contribution < 1.29 is 8.76 Å². The highest BCUT2D eigenvalue weighted by Crippen LogP contribution is 2.26. The summed E-state index contributed by atoms with van der Waals surface area (Å²) < 4.78 is 22.2. The largest absolute Gasteiger partial charge is 0.382 e. The van der Waals surface area contributed by atoms with Crippen LogP contribution in [0.2, 0.25) is 0 Å². The number of nitrogens with two attached hydrogens (primary N) is 1. The van der Waals surface area contributed by atoms with Crippen LogP contribution in [0, 0.1) is 0 Å². The van der Waals surface area contributed by atoms with Crippen LogP contribution in [0.4, 0.5) is 5.82 Å². The van der Waals surface area contributed by atoms with Crippen molar-refractivity contribution in [3.8, 4) is 22.4 Å². The molecule has 0 spiro atoms. The summed E-state index contributed by atoms with van der Waals surface area (Å²) in [6, 6.07) is 15.6. The van der Waals surface area contributed by atoms with E-state index in [0.717, 1.165) is 27.9 Å². The molecule has 1 unspecified atom stereocenters. The Labute approximate surface area is 142 Å². The molecule has 0 fully saturated rings. The lowest BCUT2D eigenvalue weighted by Gasteiger charge is -2.10. The smallest absolute Gasteiger partial charge is 0.232 e. The Morgan fingerprint density at radius 2 is 1.71 bits per heavy atom. The van der Waals surface area contributed by atoms with Gasteiger partial charge in [-0.3, -0.25) is 9.54 Å². The average Bonchev–Trinajstić information content (AvgIpc) is 2.61. The van der Waals surface area contributed by atoms with E-state index in [1.54, 1.807) is 6.20 Å². The van der Waals surface area contributed by atoms with Crippen molar-refractivity contribution in [1.29, 1.82) is 0 Å². The summed E-state index contributed by atoms with van der Waals surface area (Å²) in [6.07, 6.45) is 3.16. The maximum absolute atomic E-state index is 10.8. The minimum Gasteiger partial charge on any atom is -0.382 e. The van der Waals surface area contributed by atoms with Crippen LogP contribution < -0.4 is 10.5 Å². The average molecular weight is 340 g/mol. The molecule has 0 radical (unpaired) electrons. The fourth-order valence-electron chi connectivity index (χ4n) is 2.40. The van der Waals surface area contributed by atoms with Crippen LogP contribution in [-0.4, -0.2) is 18.7 Å². The van der Waals surface area contributed by atoms with Crippen LogP contribution in [0.15, 0.2) is 60.9 Å². The molecule has 24 heavy (non-hydrogen) atoms. The minimum absolute atomic E-state index is 0.310. The molecule has 0 bridgehead atoms. The van der Waals surface area contributed by atoms with Gasteiger partial charge in [-0.25, -0.2) is 13.9 Å². The summed E-state index contributed by atoms with van der Waals surface area (Å²) in [5.74, 6) is 0.387. The second-order valence-corrected chi connectivity index (χ2v) is 5.92. The summed E-state index contributed by atoms with van der Waals surface area (Å²) in [6.45, 7) is 0.310. The topological polar surface area (TPSA) is 101 Å². The molecule has 0 aliphatic heterocycles. The van der Waals surface area contributed by atoms with Gasteiger partial charge >= 0.3 is 0 Å². The zero-order valence-corrected chi connectivity index (χ0v) is 13.5. The van der Waals surface area contributed by atoms with Crippen molar-refractivity contribution >= 4 is 17.1 Å². The number of benzene rings is 2. The van der Waals surface area contributed by atoms with Gasteiger partial charge in [0.25, 0.3) is 0 Å². The van der Waals surface area contributed by atoms with Crippen LogP contribution >= 0.6 is 0 Å². The Morgan fingerprint density at radius 3 is 2.38 bits per heavy atom. The van der Waals surface area contributed by atoms with E-state index in [4.69, 9.17) is 10.3 Å². The first-order valence-electron chi connectivity index (χ1n) is 7.24. The van der Waals surface area contributed by atoms with Gasteiger partial charge in [-0.1, -0.05) is 48.5 Å². The Balaban J connectivity index is 1.88. The lowest BCUT2D eigenvalue weighted by atomic mass is 9.98. The van der Waals surface area contributed by atoms with Crippen molar-refractivity contribution in [2.24, 2.45) is 0 Å². The molecule has 1 aromatic heterocycles. The van der Waals surface area contributed by atoms with Gasteiger partial charge in [-0.05, 0) is 16.7 Å². The highest BCUT2D eigenvalue weighted by atomic mass is 32.2. The second kappa shape index (κ2) is 7.31. The van der Waals surface area contributed by atoms with Crippen LogP contribution in [0.1, 0.15) is 5.56 Å². The molecule has 4 N–H and O–H groups in total. The van der Waals surface area contributed by atoms with E-state index >= 15 is 0 Å². The molecule has 1 heterocycles. The Hall–Kier alpha value is -2.61. The quantitative estimate of drug-likeness (QED) is 0.620. The summed E-state index contributed by atoms with van der Waals surface area (Å²) >= 11 is -2.04. The Kier molecular flexibility index (Phi) is 4.95. The van der Waals surface area contributed by atoms with Crippen LogP contribution in [-0.2, 0) is 17.8 Å². The van der Waals surface area contributed by atoms with Crippen LogP contribution in [0.25, 0.3) is 22.4 Å². The first-order valence-corrected chi connectivity index (χ1v) is 8.35. The molecular weight excluding hydrogens is 324 g/mol. The first-order chi connectivity index (χ1) is 11.6. The van der Waals surface area contributed by atoms with Crippen molar-refractivity contribution in [1.82, 2.24) is 14.7 Å². The van der Waals surface area contributed by atoms with E-state index < -0.39 is 11.3 Å². The predicted octanol–water partition coefficient (Wildman–Crippen LogP) is 2.62. The predicted molar refractivity (Wildman–Crippen MR) is 94.9 cm³/mol. The standard InChI is InChI=1S/C17H16N4O2S/c18-17-11-19-16(10-20-17)13-7-5-12(6-8-13)15-4-2-1-3-14(15)9-21-24(22)23/h1-8,10-11,21H,9H2,(H2,18,20)(H,22,23). The maximum atomic E-state index is 10.8. The van der Waals surface area contributed by atoms with Crippen molar-refractivity contribution in [3.05, 3.63) is 66.5 Å². The molecule has 0 saturated carbocycles. The number of nitrogens with zero attached hydrogens (tertiary/aromatic N) is 2. The first kappa shape index (κ1) is 16.3. The molecule has 7 heteroatoms. The third kappa shape index (κ3) is 3.83. The third-order valence-electron chi connectivity index (χ3n) is 3.57. The lowest BCUT2D eigenvalue weighted by molar-refractivity contribution is 0.549. The van der Waals surface area contributed by atoms with E-state index in [-0.39, 0.29) is 0 Å². The minimum atomic E-state index is -2.04. The number of anilines is 1. The molecular formula is C17H16N4O2S.